The van der Waals surface area contributed by atoms with Crippen LogP contribution in [0.15, 0.2) is 17.2 Å². The average Bonchev–Trinajstić information content (AvgIpc) is 2.21. The Morgan fingerprint density at radius 1 is 1.43 bits per heavy atom. The molecule has 0 amide bonds. The van der Waals surface area contributed by atoms with E-state index in [2.05, 4.69) is 11.9 Å². The fourth-order valence-corrected chi connectivity index (χ4v) is 2.65. The van der Waals surface area contributed by atoms with Crippen molar-refractivity contribution in [3.05, 3.63) is 23.5 Å². The van der Waals surface area contributed by atoms with Crippen LogP contribution < -0.4 is 0 Å². The molecule has 0 N–H and O–H groups in total. The number of nitrogens with zero attached hydrogens (tertiary/aromatic N) is 1. The maximum absolute atomic E-state index is 5.77. The van der Waals surface area contributed by atoms with E-state index in [4.69, 9.17) is 23.2 Å². The summed E-state index contributed by atoms with van der Waals surface area (Å²) in [6.07, 6.45) is 2.85. The lowest BCUT2D eigenvalue weighted by atomic mass is 10.2. The summed E-state index contributed by atoms with van der Waals surface area (Å²) < 4.78 is 0. The number of halogens is 2. The third kappa shape index (κ3) is 3.34. The predicted octanol–water partition coefficient (Wildman–Crippen LogP) is 3.85. The maximum atomic E-state index is 5.77. The first-order valence-corrected chi connectivity index (χ1v) is 6.54. The molecular formula is C10H13Cl2NS. The van der Waals surface area contributed by atoms with Crippen molar-refractivity contribution in [3.8, 4) is 0 Å². The van der Waals surface area contributed by atoms with Crippen LogP contribution in [0.4, 0.5) is 0 Å². The molecule has 1 rings (SSSR count). The Hall–Kier alpha value is 0.0800. The standard InChI is InChI=1S/C10H13Cl2NS/c1-8-9(7-12)13-5-3-10(8)14-6-2-4-11/h3,5H,2,4,6-7H2,1H3. The van der Waals surface area contributed by atoms with Crippen molar-refractivity contribution >= 4 is 35.0 Å². The fraction of sp³-hybridized carbons (Fsp3) is 0.500. The summed E-state index contributed by atoms with van der Waals surface area (Å²) in [4.78, 5) is 5.48. The monoisotopic (exact) mass is 249 g/mol. The van der Waals surface area contributed by atoms with Crippen LogP contribution >= 0.6 is 35.0 Å². The lowest BCUT2D eigenvalue weighted by Crippen LogP contribution is -1.93. The molecule has 0 saturated carbocycles. The lowest BCUT2D eigenvalue weighted by molar-refractivity contribution is 1.06. The number of thioether (sulfide) groups is 1. The van der Waals surface area contributed by atoms with Gasteiger partial charge in [-0.3, -0.25) is 4.98 Å². The Bertz CT molecular complexity index is 291. The summed E-state index contributed by atoms with van der Waals surface area (Å²) in [6.45, 7) is 2.06. The second kappa shape index (κ2) is 6.54. The molecule has 0 aromatic carbocycles. The molecule has 1 aromatic rings. The molecule has 0 saturated heterocycles. The van der Waals surface area contributed by atoms with Gasteiger partial charge < -0.3 is 0 Å². The van der Waals surface area contributed by atoms with Crippen LogP contribution in [0.5, 0.6) is 0 Å². The van der Waals surface area contributed by atoms with E-state index in [-0.39, 0.29) is 0 Å². The zero-order chi connectivity index (χ0) is 10.4. The van der Waals surface area contributed by atoms with Gasteiger partial charge in [0, 0.05) is 17.0 Å². The van der Waals surface area contributed by atoms with Gasteiger partial charge in [0.2, 0.25) is 0 Å². The van der Waals surface area contributed by atoms with Gasteiger partial charge in [-0.05, 0) is 30.7 Å². The second-order valence-electron chi connectivity index (χ2n) is 2.91. The highest BCUT2D eigenvalue weighted by molar-refractivity contribution is 7.99. The molecule has 14 heavy (non-hydrogen) atoms. The van der Waals surface area contributed by atoms with Gasteiger partial charge in [-0.2, -0.15) is 0 Å². The maximum Gasteiger partial charge on any atom is 0.0650 e. The number of alkyl halides is 2. The molecule has 0 radical (unpaired) electrons. The minimum absolute atomic E-state index is 0.482. The average molecular weight is 250 g/mol. The zero-order valence-corrected chi connectivity index (χ0v) is 10.4. The molecule has 1 heterocycles. The molecule has 0 unspecified atom stereocenters. The summed E-state index contributed by atoms with van der Waals surface area (Å²) >= 11 is 13.2. The van der Waals surface area contributed by atoms with Gasteiger partial charge in [-0.25, -0.2) is 0 Å². The van der Waals surface area contributed by atoms with E-state index in [1.165, 1.54) is 10.5 Å². The molecule has 0 spiro atoms. The van der Waals surface area contributed by atoms with E-state index in [9.17, 15) is 0 Å². The molecule has 0 aliphatic rings. The van der Waals surface area contributed by atoms with Crippen LogP contribution in [0.2, 0.25) is 0 Å². The highest BCUT2D eigenvalue weighted by Crippen LogP contribution is 2.24. The quantitative estimate of drug-likeness (QED) is 0.447. The molecule has 1 aromatic heterocycles. The van der Waals surface area contributed by atoms with E-state index < -0.39 is 0 Å². The Labute approximate surface area is 99.2 Å². The van der Waals surface area contributed by atoms with Crippen LogP contribution in [0.3, 0.4) is 0 Å². The first kappa shape index (κ1) is 12.2. The molecule has 1 nitrogen and oxygen atoms in total. The Balaban J connectivity index is 2.66. The number of hydrogen-bond donors (Lipinski definition) is 0. The molecule has 0 aliphatic heterocycles. The lowest BCUT2D eigenvalue weighted by Gasteiger charge is -2.07. The van der Waals surface area contributed by atoms with E-state index in [0.717, 1.165) is 23.7 Å². The summed E-state index contributed by atoms with van der Waals surface area (Å²) in [5.74, 6) is 2.26. The van der Waals surface area contributed by atoms with Gasteiger partial charge in [0.25, 0.3) is 0 Å². The molecular weight excluding hydrogens is 237 g/mol. The van der Waals surface area contributed by atoms with E-state index in [1.54, 1.807) is 0 Å². The van der Waals surface area contributed by atoms with Gasteiger partial charge >= 0.3 is 0 Å². The van der Waals surface area contributed by atoms with Gasteiger partial charge in [0.05, 0.1) is 11.6 Å². The van der Waals surface area contributed by atoms with Gasteiger partial charge in [0.15, 0.2) is 0 Å². The van der Waals surface area contributed by atoms with Gasteiger partial charge in [-0.15, -0.1) is 35.0 Å². The summed E-state index contributed by atoms with van der Waals surface area (Å²) in [6, 6.07) is 2.03. The third-order valence-electron chi connectivity index (χ3n) is 1.92. The number of rotatable bonds is 5. The highest BCUT2D eigenvalue weighted by Gasteiger charge is 2.04. The number of pyridine rings is 1. The smallest absolute Gasteiger partial charge is 0.0650 e. The third-order valence-corrected chi connectivity index (χ3v) is 3.69. The van der Waals surface area contributed by atoms with Crippen LogP contribution in [0, 0.1) is 6.92 Å². The van der Waals surface area contributed by atoms with Crippen molar-refractivity contribution in [2.24, 2.45) is 0 Å². The highest BCUT2D eigenvalue weighted by atomic mass is 35.5. The van der Waals surface area contributed by atoms with Crippen LogP contribution in [-0.2, 0) is 5.88 Å². The second-order valence-corrected chi connectivity index (χ2v) is 4.69. The predicted molar refractivity (Wildman–Crippen MR) is 64.6 cm³/mol. The van der Waals surface area contributed by atoms with E-state index >= 15 is 0 Å². The van der Waals surface area contributed by atoms with Gasteiger partial charge in [-0.1, -0.05) is 0 Å². The Morgan fingerprint density at radius 3 is 2.86 bits per heavy atom. The normalized spacial score (nSPS) is 10.5. The Morgan fingerprint density at radius 2 is 2.21 bits per heavy atom. The van der Waals surface area contributed by atoms with Crippen molar-refractivity contribution in [2.75, 3.05) is 11.6 Å². The van der Waals surface area contributed by atoms with Crippen LogP contribution in [0.25, 0.3) is 0 Å². The van der Waals surface area contributed by atoms with Crippen molar-refractivity contribution in [1.29, 1.82) is 0 Å². The molecule has 0 fully saturated rings. The largest absolute Gasteiger partial charge is 0.260 e. The zero-order valence-electron chi connectivity index (χ0n) is 8.09. The molecule has 0 aliphatic carbocycles. The van der Waals surface area contributed by atoms with E-state index in [1.807, 2.05) is 24.0 Å². The first-order valence-electron chi connectivity index (χ1n) is 4.48. The first-order chi connectivity index (χ1) is 6.79. The topological polar surface area (TPSA) is 12.9 Å². The summed E-state index contributed by atoms with van der Waals surface area (Å²) in [7, 11) is 0. The van der Waals surface area contributed by atoms with Crippen molar-refractivity contribution in [3.63, 3.8) is 0 Å². The number of aromatic nitrogens is 1. The SMILES string of the molecule is Cc1c(SCCCCl)ccnc1CCl. The molecule has 0 atom stereocenters. The Kier molecular flexibility index (Phi) is 5.68. The van der Waals surface area contributed by atoms with Crippen molar-refractivity contribution in [2.45, 2.75) is 24.1 Å². The van der Waals surface area contributed by atoms with Crippen molar-refractivity contribution in [1.82, 2.24) is 4.98 Å². The number of hydrogen-bond acceptors (Lipinski definition) is 2. The van der Waals surface area contributed by atoms with Crippen LogP contribution in [0.1, 0.15) is 17.7 Å². The van der Waals surface area contributed by atoms with Crippen LogP contribution in [-0.4, -0.2) is 16.6 Å². The fourth-order valence-electron chi connectivity index (χ4n) is 1.09. The minimum atomic E-state index is 0.482. The van der Waals surface area contributed by atoms with Crippen molar-refractivity contribution < 1.29 is 0 Å². The minimum Gasteiger partial charge on any atom is -0.260 e. The molecule has 0 bridgehead atoms. The van der Waals surface area contributed by atoms with Gasteiger partial charge in [0.1, 0.15) is 0 Å². The molecule has 4 heteroatoms. The molecule has 78 valence electrons. The van der Waals surface area contributed by atoms with E-state index in [0.29, 0.717) is 5.88 Å². The summed E-state index contributed by atoms with van der Waals surface area (Å²) in [5, 5.41) is 0. The summed E-state index contributed by atoms with van der Waals surface area (Å²) in [5.41, 5.74) is 2.17.